The van der Waals surface area contributed by atoms with Gasteiger partial charge in [-0.15, -0.1) is 0 Å². The van der Waals surface area contributed by atoms with Crippen molar-refractivity contribution in [1.82, 2.24) is 0 Å². The first-order valence-electron chi connectivity index (χ1n) is 5.50. The Kier molecular flexibility index (Phi) is 3.10. The molecule has 0 bridgehead atoms. The number of fused-ring (bicyclic) bond motifs is 1. The highest BCUT2D eigenvalue weighted by atomic mass is 16.5. The molecule has 0 amide bonds. The van der Waals surface area contributed by atoms with Crippen LogP contribution in [0.5, 0.6) is 0 Å². The molecule has 1 heterocycles. The Hall–Kier alpha value is -1.55. The summed E-state index contributed by atoms with van der Waals surface area (Å²) < 4.78 is 4.99. The van der Waals surface area contributed by atoms with Crippen molar-refractivity contribution in [3.8, 4) is 0 Å². The molecule has 4 heteroatoms. The van der Waals surface area contributed by atoms with E-state index in [4.69, 9.17) is 10.5 Å². The molecule has 4 nitrogen and oxygen atoms in total. The van der Waals surface area contributed by atoms with Crippen molar-refractivity contribution in [3.63, 3.8) is 0 Å². The minimum Gasteiger partial charge on any atom is -0.464 e. The Bertz CT molecular complexity index is 392. The molecule has 0 aliphatic carbocycles. The molecule has 1 aromatic rings. The molecule has 1 aliphatic rings. The summed E-state index contributed by atoms with van der Waals surface area (Å²) in [5.41, 5.74) is 8.01. The van der Waals surface area contributed by atoms with Crippen LogP contribution in [0.15, 0.2) is 24.3 Å². The summed E-state index contributed by atoms with van der Waals surface area (Å²) >= 11 is 0. The fourth-order valence-electron chi connectivity index (χ4n) is 1.98. The number of ether oxygens (including phenoxy) is 1. The fraction of sp³-hybridized carbons (Fsp3) is 0.417. The van der Waals surface area contributed by atoms with E-state index in [0.717, 1.165) is 11.3 Å². The van der Waals surface area contributed by atoms with Crippen LogP contribution in [0.1, 0.15) is 24.9 Å². The molecular weight excluding hydrogens is 204 g/mol. The van der Waals surface area contributed by atoms with Gasteiger partial charge in [-0.1, -0.05) is 18.2 Å². The number of rotatable bonds is 2. The highest BCUT2D eigenvalue weighted by molar-refractivity contribution is 5.81. The fourth-order valence-corrected chi connectivity index (χ4v) is 1.98. The predicted octanol–water partition coefficient (Wildman–Crippen LogP) is 1.43. The van der Waals surface area contributed by atoms with Crippen molar-refractivity contribution in [3.05, 3.63) is 29.8 Å². The molecule has 2 rings (SSSR count). The van der Waals surface area contributed by atoms with Crippen LogP contribution in [0.4, 0.5) is 5.69 Å². The quantitative estimate of drug-likeness (QED) is 0.740. The van der Waals surface area contributed by atoms with Crippen molar-refractivity contribution < 1.29 is 9.53 Å². The lowest BCUT2D eigenvalue weighted by atomic mass is 9.94. The van der Waals surface area contributed by atoms with E-state index < -0.39 is 0 Å². The van der Waals surface area contributed by atoms with Crippen molar-refractivity contribution in [2.75, 3.05) is 11.9 Å². The molecular formula is C12H16N2O2. The molecule has 0 fully saturated rings. The van der Waals surface area contributed by atoms with Crippen LogP contribution in [-0.4, -0.2) is 18.6 Å². The maximum absolute atomic E-state index is 11.6. The lowest BCUT2D eigenvalue weighted by Crippen LogP contribution is -2.38. The molecule has 0 aromatic heterocycles. The zero-order valence-corrected chi connectivity index (χ0v) is 9.27. The van der Waals surface area contributed by atoms with E-state index in [9.17, 15) is 4.79 Å². The molecule has 1 aromatic carbocycles. The summed E-state index contributed by atoms with van der Waals surface area (Å²) in [7, 11) is 0. The highest BCUT2D eigenvalue weighted by Gasteiger charge is 2.29. The highest BCUT2D eigenvalue weighted by Crippen LogP contribution is 2.30. The summed E-state index contributed by atoms with van der Waals surface area (Å²) in [6.07, 6.45) is 0.579. The summed E-state index contributed by atoms with van der Waals surface area (Å²) in [4.78, 5) is 11.6. The topological polar surface area (TPSA) is 64.3 Å². The van der Waals surface area contributed by atoms with E-state index in [2.05, 4.69) is 5.32 Å². The Morgan fingerprint density at radius 2 is 2.31 bits per heavy atom. The van der Waals surface area contributed by atoms with Crippen LogP contribution in [0, 0.1) is 0 Å². The van der Waals surface area contributed by atoms with Gasteiger partial charge in [0.15, 0.2) is 0 Å². The Morgan fingerprint density at radius 1 is 1.56 bits per heavy atom. The molecule has 16 heavy (non-hydrogen) atoms. The van der Waals surface area contributed by atoms with Gasteiger partial charge in [0.1, 0.15) is 6.04 Å². The summed E-state index contributed by atoms with van der Waals surface area (Å²) in [5.74, 6) is -0.229. The number of para-hydroxylation sites is 1. The van der Waals surface area contributed by atoms with E-state index in [1.165, 1.54) is 0 Å². The predicted molar refractivity (Wildman–Crippen MR) is 62.0 cm³/mol. The average molecular weight is 220 g/mol. The maximum Gasteiger partial charge on any atom is 0.328 e. The van der Waals surface area contributed by atoms with Gasteiger partial charge in [0.25, 0.3) is 0 Å². The van der Waals surface area contributed by atoms with E-state index in [-0.39, 0.29) is 18.1 Å². The van der Waals surface area contributed by atoms with Crippen LogP contribution in [0.3, 0.4) is 0 Å². The van der Waals surface area contributed by atoms with Gasteiger partial charge >= 0.3 is 5.97 Å². The van der Waals surface area contributed by atoms with Crippen LogP contribution in [0.25, 0.3) is 0 Å². The van der Waals surface area contributed by atoms with Crippen LogP contribution >= 0.6 is 0 Å². The van der Waals surface area contributed by atoms with Crippen molar-refractivity contribution >= 4 is 11.7 Å². The third-order valence-electron chi connectivity index (χ3n) is 2.75. The standard InChI is InChI=1S/C12H16N2O2/c1-2-16-12(15)11-7-9(13)8-5-3-4-6-10(8)14-11/h3-6,9,11,14H,2,7,13H2,1H3/t9-,11-/m0/s1. The van der Waals surface area contributed by atoms with Crippen LogP contribution < -0.4 is 11.1 Å². The first-order chi connectivity index (χ1) is 7.72. The molecule has 3 N–H and O–H groups in total. The van der Waals surface area contributed by atoms with Gasteiger partial charge in [0, 0.05) is 11.7 Å². The van der Waals surface area contributed by atoms with Crippen LogP contribution in [-0.2, 0) is 9.53 Å². The average Bonchev–Trinajstić information content (AvgIpc) is 2.29. The van der Waals surface area contributed by atoms with Gasteiger partial charge in [-0.25, -0.2) is 4.79 Å². The number of hydrogen-bond acceptors (Lipinski definition) is 4. The maximum atomic E-state index is 11.6. The lowest BCUT2D eigenvalue weighted by molar-refractivity contribution is -0.144. The van der Waals surface area contributed by atoms with Crippen LogP contribution in [0.2, 0.25) is 0 Å². The van der Waals surface area contributed by atoms with Gasteiger partial charge in [0.05, 0.1) is 6.61 Å². The number of anilines is 1. The molecule has 0 radical (unpaired) electrons. The molecule has 2 atom stereocenters. The molecule has 0 unspecified atom stereocenters. The normalized spacial score (nSPS) is 23.1. The SMILES string of the molecule is CCOC(=O)[C@@H]1C[C@H](N)c2ccccc2N1. The second-order valence-corrected chi connectivity index (χ2v) is 3.88. The van der Waals surface area contributed by atoms with Gasteiger partial charge in [0.2, 0.25) is 0 Å². The van der Waals surface area contributed by atoms with Crippen molar-refractivity contribution in [1.29, 1.82) is 0 Å². The van der Waals surface area contributed by atoms with Gasteiger partial charge in [-0.2, -0.15) is 0 Å². The first-order valence-corrected chi connectivity index (χ1v) is 5.50. The zero-order valence-electron chi connectivity index (χ0n) is 9.27. The minimum atomic E-state index is -0.329. The lowest BCUT2D eigenvalue weighted by Gasteiger charge is -2.29. The molecule has 0 saturated heterocycles. The third kappa shape index (κ3) is 2.02. The van der Waals surface area contributed by atoms with E-state index in [1.54, 1.807) is 6.92 Å². The number of nitrogens with two attached hydrogens (primary N) is 1. The third-order valence-corrected chi connectivity index (χ3v) is 2.75. The first kappa shape index (κ1) is 11.0. The number of carbonyl (C=O) groups excluding carboxylic acids is 1. The molecule has 86 valence electrons. The van der Waals surface area contributed by atoms with Gasteiger partial charge in [-0.3, -0.25) is 0 Å². The van der Waals surface area contributed by atoms with Crippen molar-refractivity contribution in [2.24, 2.45) is 5.73 Å². The van der Waals surface area contributed by atoms with Gasteiger partial charge < -0.3 is 15.8 Å². The second-order valence-electron chi connectivity index (χ2n) is 3.88. The largest absolute Gasteiger partial charge is 0.464 e. The Labute approximate surface area is 94.8 Å². The number of esters is 1. The summed E-state index contributed by atoms with van der Waals surface area (Å²) in [6.45, 7) is 2.20. The Morgan fingerprint density at radius 3 is 3.06 bits per heavy atom. The number of nitrogens with one attached hydrogen (secondary N) is 1. The van der Waals surface area contributed by atoms with Crippen molar-refractivity contribution in [2.45, 2.75) is 25.4 Å². The smallest absolute Gasteiger partial charge is 0.328 e. The van der Waals surface area contributed by atoms with Gasteiger partial charge in [-0.05, 0) is 25.0 Å². The van der Waals surface area contributed by atoms with E-state index in [0.29, 0.717) is 13.0 Å². The summed E-state index contributed by atoms with van der Waals surface area (Å²) in [5, 5.41) is 3.16. The Balaban J connectivity index is 2.18. The zero-order chi connectivity index (χ0) is 11.5. The molecule has 0 spiro atoms. The number of benzene rings is 1. The molecule has 0 saturated carbocycles. The number of carbonyl (C=O) groups is 1. The van der Waals surface area contributed by atoms with E-state index in [1.807, 2.05) is 24.3 Å². The summed E-state index contributed by atoms with van der Waals surface area (Å²) in [6, 6.07) is 7.35. The monoisotopic (exact) mass is 220 g/mol. The molecule has 1 aliphatic heterocycles. The second kappa shape index (κ2) is 4.53. The number of hydrogen-bond donors (Lipinski definition) is 2. The van der Waals surface area contributed by atoms with E-state index >= 15 is 0 Å². The minimum absolute atomic E-state index is 0.105.